The van der Waals surface area contributed by atoms with E-state index in [0.29, 0.717) is 12.0 Å². The molecule has 0 radical (unpaired) electrons. The molecule has 0 aliphatic heterocycles. The SMILES string of the molecule is COC(=O)C(Cc1ccccc1F)c1ccc(C)cc1. The maximum atomic E-state index is 13.7. The lowest BCUT2D eigenvalue weighted by molar-refractivity contribution is -0.142. The number of aryl methyl sites for hydroxylation is 1. The molecule has 2 aromatic rings. The van der Waals surface area contributed by atoms with Gasteiger partial charge < -0.3 is 4.74 Å². The van der Waals surface area contributed by atoms with E-state index in [1.807, 2.05) is 31.2 Å². The summed E-state index contributed by atoms with van der Waals surface area (Å²) in [5.41, 5.74) is 2.47. The van der Waals surface area contributed by atoms with E-state index in [9.17, 15) is 9.18 Å². The van der Waals surface area contributed by atoms with Gasteiger partial charge in [0.1, 0.15) is 5.82 Å². The van der Waals surface area contributed by atoms with Crippen molar-refractivity contribution in [3.63, 3.8) is 0 Å². The van der Waals surface area contributed by atoms with Gasteiger partial charge in [0, 0.05) is 0 Å². The van der Waals surface area contributed by atoms with Crippen LogP contribution in [-0.4, -0.2) is 13.1 Å². The molecule has 2 rings (SSSR count). The van der Waals surface area contributed by atoms with Gasteiger partial charge in [0.15, 0.2) is 0 Å². The van der Waals surface area contributed by atoms with Crippen LogP contribution in [0.2, 0.25) is 0 Å². The molecule has 0 N–H and O–H groups in total. The highest BCUT2D eigenvalue weighted by molar-refractivity contribution is 5.78. The Hall–Kier alpha value is -2.16. The fourth-order valence-corrected chi connectivity index (χ4v) is 2.16. The highest BCUT2D eigenvalue weighted by Gasteiger charge is 2.23. The van der Waals surface area contributed by atoms with Crippen molar-refractivity contribution in [2.75, 3.05) is 7.11 Å². The van der Waals surface area contributed by atoms with E-state index < -0.39 is 5.92 Å². The van der Waals surface area contributed by atoms with Gasteiger partial charge in [0.25, 0.3) is 0 Å². The standard InChI is InChI=1S/C17H17FO2/c1-12-7-9-13(10-8-12)15(17(19)20-2)11-14-5-3-4-6-16(14)18/h3-10,15H,11H2,1-2H3. The molecule has 0 aliphatic carbocycles. The van der Waals surface area contributed by atoms with Gasteiger partial charge in [-0.05, 0) is 30.5 Å². The lowest BCUT2D eigenvalue weighted by Gasteiger charge is -2.16. The second-order valence-electron chi connectivity index (χ2n) is 4.78. The molecule has 0 fully saturated rings. The van der Waals surface area contributed by atoms with Crippen molar-refractivity contribution in [1.82, 2.24) is 0 Å². The first-order valence-corrected chi connectivity index (χ1v) is 6.49. The van der Waals surface area contributed by atoms with Crippen LogP contribution in [0, 0.1) is 12.7 Å². The first-order valence-electron chi connectivity index (χ1n) is 6.49. The number of methoxy groups -OCH3 is 1. The Morgan fingerprint density at radius 3 is 2.40 bits per heavy atom. The van der Waals surface area contributed by atoms with Crippen LogP contribution < -0.4 is 0 Å². The van der Waals surface area contributed by atoms with Gasteiger partial charge in [0.05, 0.1) is 13.0 Å². The third kappa shape index (κ3) is 3.23. The van der Waals surface area contributed by atoms with Crippen molar-refractivity contribution >= 4 is 5.97 Å². The van der Waals surface area contributed by atoms with Crippen LogP contribution in [0.1, 0.15) is 22.6 Å². The van der Waals surface area contributed by atoms with E-state index in [4.69, 9.17) is 4.74 Å². The van der Waals surface area contributed by atoms with Gasteiger partial charge in [0.2, 0.25) is 0 Å². The lowest BCUT2D eigenvalue weighted by atomic mass is 9.91. The Labute approximate surface area is 118 Å². The Kier molecular flexibility index (Phi) is 4.51. The van der Waals surface area contributed by atoms with Crippen LogP contribution in [0.25, 0.3) is 0 Å². The van der Waals surface area contributed by atoms with Gasteiger partial charge in [-0.2, -0.15) is 0 Å². The lowest BCUT2D eigenvalue weighted by Crippen LogP contribution is -2.17. The molecule has 0 aromatic heterocycles. The van der Waals surface area contributed by atoms with Crippen LogP contribution in [0.5, 0.6) is 0 Å². The molecule has 0 saturated heterocycles. The summed E-state index contributed by atoms with van der Waals surface area (Å²) >= 11 is 0. The molecule has 2 nitrogen and oxygen atoms in total. The summed E-state index contributed by atoms with van der Waals surface area (Å²) in [6.45, 7) is 1.98. The van der Waals surface area contributed by atoms with Crippen molar-refractivity contribution in [1.29, 1.82) is 0 Å². The minimum Gasteiger partial charge on any atom is -0.469 e. The van der Waals surface area contributed by atoms with Crippen LogP contribution >= 0.6 is 0 Å². The Morgan fingerprint density at radius 2 is 1.80 bits per heavy atom. The topological polar surface area (TPSA) is 26.3 Å². The number of halogens is 1. The molecule has 0 heterocycles. The second-order valence-corrected chi connectivity index (χ2v) is 4.78. The zero-order valence-electron chi connectivity index (χ0n) is 11.6. The van der Waals surface area contributed by atoms with Crippen molar-refractivity contribution in [2.45, 2.75) is 19.3 Å². The van der Waals surface area contributed by atoms with E-state index in [1.54, 1.807) is 18.2 Å². The second kappa shape index (κ2) is 6.33. The molecule has 0 bridgehead atoms. The average Bonchev–Trinajstić information content (AvgIpc) is 2.47. The molecule has 20 heavy (non-hydrogen) atoms. The van der Waals surface area contributed by atoms with Crippen molar-refractivity contribution in [3.8, 4) is 0 Å². The Morgan fingerprint density at radius 1 is 1.15 bits per heavy atom. The van der Waals surface area contributed by atoms with Gasteiger partial charge in [-0.15, -0.1) is 0 Å². The molecule has 0 amide bonds. The molecule has 2 aromatic carbocycles. The molecule has 3 heteroatoms. The number of hydrogen-bond donors (Lipinski definition) is 0. The van der Waals surface area contributed by atoms with Crippen molar-refractivity contribution in [3.05, 3.63) is 71.0 Å². The summed E-state index contributed by atoms with van der Waals surface area (Å²) in [5.74, 6) is -1.14. The van der Waals surface area contributed by atoms with E-state index in [-0.39, 0.29) is 11.8 Å². The van der Waals surface area contributed by atoms with E-state index in [0.717, 1.165) is 11.1 Å². The molecular formula is C17H17FO2. The summed E-state index contributed by atoms with van der Waals surface area (Å²) in [7, 11) is 1.35. The molecule has 1 unspecified atom stereocenters. The van der Waals surface area contributed by atoms with Crippen molar-refractivity contribution < 1.29 is 13.9 Å². The third-order valence-electron chi connectivity index (χ3n) is 3.35. The van der Waals surface area contributed by atoms with Gasteiger partial charge in [-0.25, -0.2) is 4.39 Å². The highest BCUT2D eigenvalue weighted by Crippen LogP contribution is 2.24. The van der Waals surface area contributed by atoms with Crippen LogP contribution in [0.4, 0.5) is 4.39 Å². The molecular weight excluding hydrogens is 255 g/mol. The smallest absolute Gasteiger partial charge is 0.313 e. The van der Waals surface area contributed by atoms with Gasteiger partial charge in [-0.3, -0.25) is 4.79 Å². The third-order valence-corrected chi connectivity index (χ3v) is 3.35. The molecule has 104 valence electrons. The maximum absolute atomic E-state index is 13.7. The van der Waals surface area contributed by atoms with Crippen LogP contribution in [0.3, 0.4) is 0 Å². The first kappa shape index (κ1) is 14.3. The fraction of sp³-hybridized carbons (Fsp3) is 0.235. The number of carbonyl (C=O) groups is 1. The molecule has 0 aliphatic rings. The number of hydrogen-bond acceptors (Lipinski definition) is 2. The van der Waals surface area contributed by atoms with Crippen molar-refractivity contribution in [2.24, 2.45) is 0 Å². The molecule has 0 saturated carbocycles. The predicted octanol–water partition coefficient (Wildman–Crippen LogP) is 3.63. The summed E-state index contributed by atoms with van der Waals surface area (Å²) in [6, 6.07) is 14.1. The quantitative estimate of drug-likeness (QED) is 0.794. The van der Waals surface area contributed by atoms with Crippen LogP contribution in [-0.2, 0) is 16.0 Å². The maximum Gasteiger partial charge on any atom is 0.313 e. The number of carbonyl (C=O) groups excluding carboxylic acids is 1. The Balaban J connectivity index is 2.31. The van der Waals surface area contributed by atoms with Crippen LogP contribution in [0.15, 0.2) is 48.5 Å². The summed E-state index contributed by atoms with van der Waals surface area (Å²) in [4.78, 5) is 12.0. The first-order chi connectivity index (χ1) is 9.61. The largest absolute Gasteiger partial charge is 0.469 e. The summed E-state index contributed by atoms with van der Waals surface area (Å²) in [6.07, 6.45) is 0.294. The average molecular weight is 272 g/mol. The zero-order valence-corrected chi connectivity index (χ0v) is 11.6. The van der Waals surface area contributed by atoms with Gasteiger partial charge >= 0.3 is 5.97 Å². The molecule has 1 atom stereocenters. The number of benzene rings is 2. The fourth-order valence-electron chi connectivity index (χ4n) is 2.16. The van der Waals surface area contributed by atoms with E-state index in [2.05, 4.69) is 0 Å². The van der Waals surface area contributed by atoms with Gasteiger partial charge in [-0.1, -0.05) is 48.0 Å². The van der Waals surface area contributed by atoms with E-state index >= 15 is 0 Å². The minimum absolute atomic E-state index is 0.294. The minimum atomic E-state index is -0.488. The number of esters is 1. The monoisotopic (exact) mass is 272 g/mol. The zero-order chi connectivity index (χ0) is 14.5. The number of ether oxygens (including phenoxy) is 1. The Bertz CT molecular complexity index is 590. The highest BCUT2D eigenvalue weighted by atomic mass is 19.1. The normalized spacial score (nSPS) is 11.9. The summed E-state index contributed by atoms with van der Waals surface area (Å²) < 4.78 is 18.6. The predicted molar refractivity (Wildman–Crippen MR) is 76.0 cm³/mol. The summed E-state index contributed by atoms with van der Waals surface area (Å²) in [5, 5.41) is 0. The van der Waals surface area contributed by atoms with E-state index in [1.165, 1.54) is 13.2 Å². The molecule has 0 spiro atoms. The number of rotatable bonds is 4.